The van der Waals surface area contributed by atoms with Crippen LogP contribution in [-0.4, -0.2) is 49.6 Å². The number of nitrogens with zero attached hydrogens (tertiary/aromatic N) is 6. The lowest BCUT2D eigenvalue weighted by molar-refractivity contribution is 0.0817. The number of aromatic nitrogens is 6. The number of benzene rings is 2. The lowest BCUT2D eigenvalue weighted by Gasteiger charge is -2.15. The van der Waals surface area contributed by atoms with E-state index in [-0.39, 0.29) is 11.3 Å². The van der Waals surface area contributed by atoms with Gasteiger partial charge >= 0.3 is 0 Å². The first kappa shape index (κ1) is 26.3. The number of carbonyl (C=O) groups is 1. The van der Waals surface area contributed by atoms with Gasteiger partial charge in [-0.15, -0.1) is 11.3 Å². The fraction of sp³-hybridized carbons (Fsp3) is 0.276. The number of fused-ring (bicyclic) bond motifs is 4. The summed E-state index contributed by atoms with van der Waals surface area (Å²) in [7, 11) is 0.648. The van der Waals surface area contributed by atoms with Gasteiger partial charge in [-0.05, 0) is 17.7 Å². The van der Waals surface area contributed by atoms with Crippen molar-refractivity contribution in [1.29, 1.82) is 0 Å². The third-order valence-electron chi connectivity index (χ3n) is 7.06. The molecule has 0 atom stereocenters. The molecule has 0 aliphatic carbocycles. The topological polar surface area (TPSA) is 96.8 Å². The van der Waals surface area contributed by atoms with E-state index in [1.807, 2.05) is 47.3 Å². The molecule has 0 radical (unpaired) electrons. The molecule has 0 fully saturated rings. The van der Waals surface area contributed by atoms with Crippen LogP contribution in [-0.2, 0) is 25.1 Å². The van der Waals surface area contributed by atoms with E-state index in [9.17, 15) is 9.59 Å². The van der Waals surface area contributed by atoms with Crippen LogP contribution in [0.5, 0.6) is 0 Å². The molecule has 2 aromatic carbocycles. The van der Waals surface area contributed by atoms with Crippen molar-refractivity contribution in [3.8, 4) is 0 Å². The Balaban J connectivity index is 1.29. The predicted molar refractivity (Wildman–Crippen MR) is 161 cm³/mol. The smallest absolute Gasteiger partial charge is 0.291 e. The standard InChI is InChI=1S/C29H30N6O3SSi/c1-33-24-22(26-27(33)32-28(39-26)25(36)19-9-6-5-7-10-19)16-30-34(29(24)37)17-20-11-8-12-23-21(20)15-31-35(23)18-38-13-14-40(2,3)4/h5-12,15-16H,13-14,17-18H2,1-4H3. The summed E-state index contributed by atoms with van der Waals surface area (Å²) in [6.07, 6.45) is 3.52. The number of aryl methyl sites for hydroxylation is 1. The Bertz CT molecular complexity index is 1930. The summed E-state index contributed by atoms with van der Waals surface area (Å²) in [4.78, 5) is 31.2. The van der Waals surface area contributed by atoms with E-state index in [1.54, 1.807) is 29.9 Å². The largest absolute Gasteiger partial charge is 0.360 e. The van der Waals surface area contributed by atoms with Gasteiger partial charge in [0.2, 0.25) is 5.78 Å². The molecule has 0 aliphatic rings. The number of thiazole rings is 1. The van der Waals surface area contributed by atoms with E-state index in [0.29, 0.717) is 40.4 Å². The Morgan fingerprint density at radius 1 is 0.975 bits per heavy atom. The molecule has 0 amide bonds. The summed E-state index contributed by atoms with van der Waals surface area (Å²) >= 11 is 1.29. The second kappa shape index (κ2) is 10.2. The fourth-order valence-electron chi connectivity index (χ4n) is 4.81. The van der Waals surface area contributed by atoms with Crippen LogP contribution >= 0.6 is 11.3 Å². The van der Waals surface area contributed by atoms with Crippen LogP contribution in [0.1, 0.15) is 20.9 Å². The predicted octanol–water partition coefficient (Wildman–Crippen LogP) is 5.29. The molecular weight excluding hydrogens is 541 g/mol. The first-order chi connectivity index (χ1) is 19.2. The summed E-state index contributed by atoms with van der Waals surface area (Å²) < 4.78 is 11.8. The zero-order valence-electron chi connectivity index (χ0n) is 22.9. The number of hydrogen-bond acceptors (Lipinski definition) is 7. The van der Waals surface area contributed by atoms with E-state index in [2.05, 4.69) is 34.8 Å². The van der Waals surface area contributed by atoms with Crippen molar-refractivity contribution in [2.45, 2.75) is 39.0 Å². The van der Waals surface area contributed by atoms with Gasteiger partial charge < -0.3 is 9.30 Å². The summed E-state index contributed by atoms with van der Waals surface area (Å²) in [5.41, 5.74) is 3.40. The Morgan fingerprint density at radius 2 is 1.73 bits per heavy atom. The third-order valence-corrected chi connectivity index (χ3v) is 9.84. The van der Waals surface area contributed by atoms with Crippen LogP contribution in [0.2, 0.25) is 25.7 Å². The van der Waals surface area contributed by atoms with Crippen molar-refractivity contribution in [2.75, 3.05) is 6.61 Å². The molecule has 204 valence electrons. The highest BCUT2D eigenvalue weighted by Crippen LogP contribution is 2.32. The summed E-state index contributed by atoms with van der Waals surface area (Å²) in [6, 6.07) is 16.2. The zero-order chi connectivity index (χ0) is 28.0. The summed E-state index contributed by atoms with van der Waals surface area (Å²) in [5.74, 6) is -0.133. The number of ether oxygens (including phenoxy) is 1. The fourth-order valence-corrected chi connectivity index (χ4v) is 6.63. The van der Waals surface area contributed by atoms with Crippen molar-refractivity contribution < 1.29 is 9.53 Å². The zero-order valence-corrected chi connectivity index (χ0v) is 24.7. The number of rotatable bonds is 9. The SMILES string of the molecule is Cn1c2nc(C(=O)c3ccccc3)sc2c2cnn(Cc3cccc4c3cnn4COCC[Si](C)(C)C)c(=O)c21. The van der Waals surface area contributed by atoms with Gasteiger partial charge in [0.1, 0.15) is 12.2 Å². The minimum absolute atomic E-state index is 0.133. The first-order valence-corrected chi connectivity index (χ1v) is 17.7. The second-order valence-electron chi connectivity index (χ2n) is 11.1. The Hall–Kier alpha value is -3.93. The summed E-state index contributed by atoms with van der Waals surface area (Å²) in [6.45, 7) is 8.42. The molecule has 0 unspecified atom stereocenters. The van der Waals surface area contributed by atoms with Gasteiger partial charge in [-0.25, -0.2) is 14.3 Å². The van der Waals surface area contributed by atoms with Gasteiger partial charge in [-0.1, -0.05) is 62.1 Å². The van der Waals surface area contributed by atoms with Crippen LogP contribution in [0, 0.1) is 0 Å². The highest BCUT2D eigenvalue weighted by molar-refractivity contribution is 7.21. The Labute approximate surface area is 235 Å². The maximum Gasteiger partial charge on any atom is 0.291 e. The molecule has 40 heavy (non-hydrogen) atoms. The second-order valence-corrected chi connectivity index (χ2v) is 17.8. The van der Waals surface area contributed by atoms with Crippen LogP contribution in [0.25, 0.3) is 32.2 Å². The monoisotopic (exact) mass is 570 g/mol. The number of ketones is 1. The quantitative estimate of drug-likeness (QED) is 0.133. The lowest BCUT2D eigenvalue weighted by atomic mass is 10.1. The molecule has 0 spiro atoms. The average Bonchev–Trinajstić information content (AvgIpc) is 3.63. The number of hydrogen-bond donors (Lipinski definition) is 0. The maximum absolute atomic E-state index is 13.6. The molecule has 0 N–H and O–H groups in total. The summed E-state index contributed by atoms with van der Waals surface area (Å²) in [5, 5.41) is 11.1. The van der Waals surface area contributed by atoms with E-state index in [0.717, 1.165) is 33.8 Å². The van der Waals surface area contributed by atoms with Crippen molar-refractivity contribution in [2.24, 2.45) is 7.05 Å². The first-order valence-electron chi connectivity index (χ1n) is 13.2. The van der Waals surface area contributed by atoms with Crippen LogP contribution < -0.4 is 5.56 Å². The highest BCUT2D eigenvalue weighted by atomic mass is 32.1. The third kappa shape index (κ3) is 4.80. The van der Waals surface area contributed by atoms with Gasteiger partial charge in [0.15, 0.2) is 10.7 Å². The molecular formula is C29H30N6O3SSi. The van der Waals surface area contributed by atoms with E-state index in [4.69, 9.17) is 4.74 Å². The molecule has 11 heteroatoms. The van der Waals surface area contributed by atoms with Gasteiger partial charge in [0.25, 0.3) is 5.56 Å². The number of carbonyl (C=O) groups excluding carboxylic acids is 1. The molecule has 0 bridgehead atoms. The molecule has 4 heterocycles. The molecule has 0 saturated heterocycles. The molecule has 6 rings (SSSR count). The Morgan fingerprint density at radius 3 is 2.50 bits per heavy atom. The van der Waals surface area contributed by atoms with Gasteiger partial charge in [-0.3, -0.25) is 9.59 Å². The maximum atomic E-state index is 13.6. The molecule has 9 nitrogen and oxygen atoms in total. The highest BCUT2D eigenvalue weighted by Gasteiger charge is 2.22. The van der Waals surface area contributed by atoms with Gasteiger partial charge in [0, 0.05) is 38.1 Å². The van der Waals surface area contributed by atoms with E-state index in [1.165, 1.54) is 16.0 Å². The van der Waals surface area contributed by atoms with Crippen LogP contribution in [0.4, 0.5) is 0 Å². The van der Waals surface area contributed by atoms with Crippen LogP contribution in [0.15, 0.2) is 65.7 Å². The molecule has 6 aromatic rings. The van der Waals surface area contributed by atoms with E-state index >= 15 is 0 Å². The lowest BCUT2D eigenvalue weighted by Crippen LogP contribution is -2.24. The van der Waals surface area contributed by atoms with Crippen molar-refractivity contribution in [3.05, 3.63) is 87.4 Å². The minimum Gasteiger partial charge on any atom is -0.360 e. The normalized spacial score (nSPS) is 12.2. The minimum atomic E-state index is -1.16. The van der Waals surface area contributed by atoms with E-state index < -0.39 is 8.07 Å². The van der Waals surface area contributed by atoms with Crippen molar-refractivity contribution in [1.82, 2.24) is 29.1 Å². The average molecular weight is 571 g/mol. The molecule has 0 aliphatic heterocycles. The van der Waals surface area contributed by atoms with Crippen molar-refractivity contribution in [3.63, 3.8) is 0 Å². The van der Waals surface area contributed by atoms with Gasteiger partial charge in [0.05, 0.1) is 29.2 Å². The molecule has 0 saturated carbocycles. The Kier molecular flexibility index (Phi) is 6.73. The van der Waals surface area contributed by atoms with Crippen molar-refractivity contribution >= 4 is 57.3 Å². The van der Waals surface area contributed by atoms with Gasteiger partial charge in [-0.2, -0.15) is 10.2 Å². The molecule has 4 aromatic heterocycles. The van der Waals surface area contributed by atoms with Crippen LogP contribution in [0.3, 0.4) is 0 Å².